The molecule has 0 bridgehead atoms. The van der Waals surface area contributed by atoms with E-state index in [1.54, 1.807) is 6.92 Å². The molecule has 135 valence electrons. The molecule has 1 aromatic carbocycles. The number of carbonyl (C=O) groups is 1. The molecule has 0 saturated heterocycles. The van der Waals surface area contributed by atoms with Crippen LogP contribution >= 0.6 is 0 Å². The van der Waals surface area contributed by atoms with E-state index in [2.05, 4.69) is 24.1 Å². The van der Waals surface area contributed by atoms with Gasteiger partial charge in [0, 0.05) is 38.4 Å². The van der Waals surface area contributed by atoms with Crippen LogP contribution in [0, 0.1) is 20.8 Å². The van der Waals surface area contributed by atoms with Gasteiger partial charge in [-0.05, 0) is 57.8 Å². The molecule has 1 aromatic rings. The van der Waals surface area contributed by atoms with E-state index in [9.17, 15) is 4.79 Å². The van der Waals surface area contributed by atoms with Crippen LogP contribution in [0.4, 0.5) is 5.69 Å². The van der Waals surface area contributed by atoms with E-state index in [1.807, 2.05) is 52.9 Å². The van der Waals surface area contributed by atoms with Crippen molar-refractivity contribution in [1.82, 2.24) is 4.90 Å². The number of nitrogens with one attached hydrogen (secondary N) is 1. The molecule has 0 aromatic heterocycles. The fraction of sp³-hybridized carbons (Fsp3) is 0.600. The van der Waals surface area contributed by atoms with Gasteiger partial charge in [-0.1, -0.05) is 39.0 Å². The Kier molecular flexibility index (Phi) is 14.1. The van der Waals surface area contributed by atoms with Crippen LogP contribution in [0.15, 0.2) is 18.2 Å². The van der Waals surface area contributed by atoms with E-state index in [0.29, 0.717) is 0 Å². The van der Waals surface area contributed by atoms with E-state index in [-0.39, 0.29) is 44.2 Å². The molecule has 0 atom stereocenters. The first-order valence-corrected chi connectivity index (χ1v) is 8.81. The molecule has 0 unspecified atom stereocenters. The second-order valence-corrected chi connectivity index (χ2v) is 5.62. The molecule has 1 N–H and O–H groups in total. The van der Waals surface area contributed by atoms with Gasteiger partial charge in [0.1, 0.15) is 5.54 Å². The number of rotatable bonds is 4. The van der Waals surface area contributed by atoms with Crippen molar-refractivity contribution < 1.29 is 37.5 Å². The molecule has 4 heteroatoms. The standard InChI is InChI=1S/C16H24N2O.C2H6.C2H5.Y/c1-5-18(4)16(10-7-11-16)15(19)17-14-12(2)8-6-9-13(14)3;2*1-2;/h6,8-9H,5,7,10-11H2,1-4H3,(H,17,19);1-2H3;1H2,2H3;/q;;-1;. The minimum absolute atomic E-state index is 0. The Morgan fingerprint density at radius 1 is 1.21 bits per heavy atom. The van der Waals surface area contributed by atoms with Crippen molar-refractivity contribution in [3.63, 3.8) is 0 Å². The first kappa shape index (κ1) is 26.0. The van der Waals surface area contributed by atoms with Gasteiger partial charge in [-0.2, -0.15) is 6.92 Å². The van der Waals surface area contributed by atoms with E-state index < -0.39 is 0 Å². The smallest absolute Gasteiger partial charge is 0.244 e. The SMILES string of the molecule is CC.CCN(C)C1(C(=O)Nc2c(C)cccc2C)CCC1.[CH2-]C.[Y]. The molecule has 1 amide bonds. The van der Waals surface area contributed by atoms with E-state index >= 15 is 0 Å². The molecule has 2 rings (SSSR count). The Morgan fingerprint density at radius 3 is 2.00 bits per heavy atom. The van der Waals surface area contributed by atoms with Gasteiger partial charge >= 0.3 is 0 Å². The zero-order valence-electron chi connectivity index (χ0n) is 16.7. The van der Waals surface area contributed by atoms with Crippen molar-refractivity contribution in [2.24, 2.45) is 0 Å². The van der Waals surface area contributed by atoms with Gasteiger partial charge in [-0.15, -0.1) is 0 Å². The van der Waals surface area contributed by atoms with Gasteiger partial charge < -0.3 is 12.2 Å². The van der Waals surface area contributed by atoms with Crippen molar-refractivity contribution in [1.29, 1.82) is 0 Å². The zero-order chi connectivity index (χ0) is 18.0. The number of para-hydroxylation sites is 1. The molecule has 0 aliphatic heterocycles. The summed E-state index contributed by atoms with van der Waals surface area (Å²) in [6, 6.07) is 6.11. The minimum Gasteiger partial charge on any atom is -0.346 e. The monoisotopic (exact) mass is 408 g/mol. The van der Waals surface area contributed by atoms with Crippen LogP contribution in [0.25, 0.3) is 0 Å². The van der Waals surface area contributed by atoms with Crippen LogP contribution in [0.5, 0.6) is 0 Å². The maximum absolute atomic E-state index is 12.7. The third-order valence-corrected chi connectivity index (χ3v) is 4.53. The van der Waals surface area contributed by atoms with E-state index in [1.165, 1.54) is 0 Å². The quantitative estimate of drug-likeness (QED) is 0.713. The van der Waals surface area contributed by atoms with Crippen molar-refractivity contribution in [3.8, 4) is 0 Å². The van der Waals surface area contributed by atoms with Gasteiger partial charge in [0.05, 0.1) is 0 Å². The summed E-state index contributed by atoms with van der Waals surface area (Å²) >= 11 is 0. The topological polar surface area (TPSA) is 32.3 Å². The van der Waals surface area contributed by atoms with Crippen LogP contribution in [0.2, 0.25) is 0 Å². The fourth-order valence-electron chi connectivity index (χ4n) is 2.84. The van der Waals surface area contributed by atoms with Gasteiger partial charge in [-0.25, -0.2) is 0 Å². The Balaban J connectivity index is 0. The summed E-state index contributed by atoms with van der Waals surface area (Å²) in [7, 11) is 2.05. The zero-order valence-corrected chi connectivity index (χ0v) is 19.5. The summed E-state index contributed by atoms with van der Waals surface area (Å²) in [6.07, 6.45) is 3.08. The van der Waals surface area contributed by atoms with Crippen molar-refractivity contribution in [2.45, 2.75) is 66.3 Å². The Bertz CT molecular complexity index is 464. The van der Waals surface area contributed by atoms with E-state index in [0.717, 1.165) is 42.6 Å². The predicted molar refractivity (Wildman–Crippen MR) is 102 cm³/mol. The number of benzene rings is 1. The number of anilines is 1. The average molecular weight is 408 g/mol. The molecule has 1 aliphatic rings. The summed E-state index contributed by atoms with van der Waals surface area (Å²) in [6.45, 7) is 16.1. The second kappa shape index (κ2) is 13.0. The number of carbonyl (C=O) groups excluding carboxylic acids is 1. The maximum Gasteiger partial charge on any atom is 0.244 e. The minimum atomic E-state index is -0.288. The van der Waals surface area contributed by atoms with Crippen LogP contribution in [0.3, 0.4) is 0 Å². The third kappa shape index (κ3) is 5.93. The van der Waals surface area contributed by atoms with Crippen molar-refractivity contribution in [3.05, 3.63) is 36.2 Å². The van der Waals surface area contributed by atoms with Gasteiger partial charge in [0.25, 0.3) is 0 Å². The number of hydrogen-bond acceptors (Lipinski definition) is 2. The molecule has 1 saturated carbocycles. The summed E-state index contributed by atoms with van der Waals surface area (Å²) in [5, 5.41) is 3.16. The largest absolute Gasteiger partial charge is 0.346 e. The summed E-state index contributed by atoms with van der Waals surface area (Å²) in [5.41, 5.74) is 2.94. The fourth-order valence-corrected chi connectivity index (χ4v) is 2.84. The number of hydrogen-bond donors (Lipinski definition) is 1. The van der Waals surface area contributed by atoms with Crippen molar-refractivity contribution >= 4 is 11.6 Å². The molecule has 1 radical (unpaired) electrons. The number of likely N-dealkylation sites (N-methyl/N-ethyl adjacent to an activating group) is 1. The third-order valence-electron chi connectivity index (χ3n) is 4.53. The molecule has 1 aliphatic carbocycles. The predicted octanol–water partition coefficient (Wildman–Crippen LogP) is 4.98. The van der Waals surface area contributed by atoms with Crippen LogP contribution in [0.1, 0.15) is 58.1 Å². The average Bonchev–Trinajstić information content (AvgIpc) is 2.53. The molecule has 0 spiro atoms. The Hall–Kier alpha value is -0.246. The van der Waals surface area contributed by atoms with Gasteiger partial charge in [0.15, 0.2) is 0 Å². The number of aryl methyl sites for hydroxylation is 2. The summed E-state index contributed by atoms with van der Waals surface area (Å²) in [5.74, 6) is 0.153. The molecular weight excluding hydrogens is 373 g/mol. The first-order chi connectivity index (χ1) is 11.0. The number of amides is 1. The summed E-state index contributed by atoms with van der Waals surface area (Å²) < 4.78 is 0. The van der Waals surface area contributed by atoms with Gasteiger partial charge in [0.2, 0.25) is 5.91 Å². The normalized spacial score (nSPS) is 14.0. The van der Waals surface area contributed by atoms with Gasteiger partial charge in [-0.3, -0.25) is 9.69 Å². The van der Waals surface area contributed by atoms with Crippen molar-refractivity contribution in [2.75, 3.05) is 18.9 Å². The molecule has 1 fully saturated rings. The molecule has 24 heavy (non-hydrogen) atoms. The second-order valence-electron chi connectivity index (χ2n) is 5.62. The maximum atomic E-state index is 12.7. The first-order valence-electron chi connectivity index (χ1n) is 8.81. The summed E-state index contributed by atoms with van der Waals surface area (Å²) in [4.78, 5) is 14.8. The molecular formula is C20H35N2OY-. The van der Waals surface area contributed by atoms with Crippen LogP contribution in [-0.4, -0.2) is 29.9 Å². The molecule has 3 nitrogen and oxygen atoms in total. The Morgan fingerprint density at radius 2 is 1.67 bits per heavy atom. The van der Waals surface area contributed by atoms with Crippen LogP contribution in [-0.2, 0) is 37.5 Å². The van der Waals surface area contributed by atoms with E-state index in [4.69, 9.17) is 0 Å². The Labute approximate surface area is 174 Å². The van der Waals surface area contributed by atoms with Crippen LogP contribution < -0.4 is 5.32 Å². The molecule has 0 heterocycles. The number of nitrogens with zero attached hydrogens (tertiary/aromatic N) is 1.